The van der Waals surface area contributed by atoms with Crippen LogP contribution in [0.15, 0.2) is 67.1 Å². The van der Waals surface area contributed by atoms with E-state index in [-0.39, 0.29) is 6.03 Å². The summed E-state index contributed by atoms with van der Waals surface area (Å²) in [6, 6.07) is 18.4. The van der Waals surface area contributed by atoms with Crippen molar-refractivity contribution in [3.8, 4) is 16.9 Å². The van der Waals surface area contributed by atoms with Crippen molar-refractivity contribution in [2.24, 2.45) is 5.92 Å². The Morgan fingerprint density at radius 2 is 1.92 bits per heavy atom. The lowest BCUT2D eigenvalue weighted by Crippen LogP contribution is -2.42. The monoisotopic (exact) mass is 527 g/mol. The van der Waals surface area contributed by atoms with Gasteiger partial charge in [0, 0.05) is 30.9 Å². The number of nitrogens with two attached hydrogens (primary N) is 1. The van der Waals surface area contributed by atoms with E-state index < -0.39 is 0 Å². The summed E-state index contributed by atoms with van der Waals surface area (Å²) in [5.41, 5.74) is 10.3. The predicted octanol–water partition coefficient (Wildman–Crippen LogP) is 4.46. The van der Waals surface area contributed by atoms with Gasteiger partial charge >= 0.3 is 6.03 Å². The Hall–Kier alpha value is -4.11. The van der Waals surface area contributed by atoms with Gasteiger partial charge in [-0.1, -0.05) is 42.5 Å². The van der Waals surface area contributed by atoms with Crippen LogP contribution in [0.4, 0.5) is 10.6 Å². The van der Waals surface area contributed by atoms with Crippen molar-refractivity contribution in [3.05, 3.63) is 72.7 Å². The first-order valence-corrected chi connectivity index (χ1v) is 13.5. The van der Waals surface area contributed by atoms with Gasteiger partial charge in [0.1, 0.15) is 30.1 Å². The van der Waals surface area contributed by atoms with Crippen LogP contribution < -0.4 is 21.1 Å². The molecular weight excluding hydrogens is 490 g/mol. The molecule has 2 aromatic carbocycles. The van der Waals surface area contributed by atoms with Crippen LogP contribution in [0.2, 0.25) is 0 Å². The summed E-state index contributed by atoms with van der Waals surface area (Å²) in [6.45, 7) is 2.80. The van der Waals surface area contributed by atoms with Crippen LogP contribution in [0.1, 0.15) is 30.9 Å². The number of aromatic nitrogens is 3. The maximum Gasteiger partial charge on any atom is 0.314 e. The average molecular weight is 528 g/mol. The fourth-order valence-corrected chi connectivity index (χ4v) is 5.09. The number of rotatable bonds is 11. The maximum atomic E-state index is 12.1. The lowest BCUT2D eigenvalue weighted by molar-refractivity contribution is 0.192. The summed E-state index contributed by atoms with van der Waals surface area (Å²) in [6.07, 6.45) is 6.53. The number of anilines is 1. The molecule has 204 valence electrons. The van der Waals surface area contributed by atoms with E-state index in [0.717, 1.165) is 59.3 Å². The largest absolute Gasteiger partial charge is 0.489 e. The minimum absolute atomic E-state index is 0.0965. The molecule has 0 saturated heterocycles. The Morgan fingerprint density at radius 1 is 1.10 bits per heavy atom. The fourth-order valence-electron chi connectivity index (χ4n) is 5.09. The third-order valence-electron chi connectivity index (χ3n) is 7.26. The number of hydrogen-bond acceptors (Lipinski definition) is 6. The number of ether oxygens (including phenoxy) is 1. The number of fused-ring (bicyclic) bond motifs is 1. The lowest BCUT2D eigenvalue weighted by Gasteiger charge is -2.36. The van der Waals surface area contributed by atoms with Gasteiger partial charge in [-0.3, -0.25) is 0 Å². The second-order valence-electron chi connectivity index (χ2n) is 10.5. The van der Waals surface area contributed by atoms with Crippen LogP contribution in [0.3, 0.4) is 0 Å². The molecule has 4 N–H and O–H groups in total. The van der Waals surface area contributed by atoms with E-state index in [4.69, 9.17) is 10.5 Å². The summed E-state index contributed by atoms with van der Waals surface area (Å²) < 4.78 is 8.29. The van der Waals surface area contributed by atoms with Crippen molar-refractivity contribution >= 4 is 22.9 Å². The molecule has 5 rings (SSSR count). The zero-order valence-corrected chi connectivity index (χ0v) is 22.6. The number of carbonyl (C=O) groups excluding carboxylic acids is 1. The highest BCUT2D eigenvalue weighted by atomic mass is 16.5. The summed E-state index contributed by atoms with van der Waals surface area (Å²) in [5, 5.41) is 6.81. The molecule has 1 saturated carbocycles. The van der Waals surface area contributed by atoms with E-state index in [1.165, 1.54) is 6.33 Å². The molecule has 9 nitrogen and oxygen atoms in total. The second kappa shape index (κ2) is 12.2. The molecule has 0 bridgehead atoms. The molecule has 0 unspecified atom stereocenters. The van der Waals surface area contributed by atoms with E-state index in [1.54, 1.807) is 0 Å². The van der Waals surface area contributed by atoms with E-state index >= 15 is 0 Å². The van der Waals surface area contributed by atoms with Crippen LogP contribution in [-0.2, 0) is 6.61 Å². The van der Waals surface area contributed by atoms with Crippen molar-refractivity contribution < 1.29 is 9.53 Å². The van der Waals surface area contributed by atoms with Crippen molar-refractivity contribution in [2.75, 3.05) is 39.5 Å². The Morgan fingerprint density at radius 3 is 2.72 bits per heavy atom. The number of urea groups is 1. The SMILES string of the molecule is CN(C)CCCNC(=O)NC[C@H]1C[C@@H](n2cc(-c3cccc(OCc4ccccc4)c3)c3c(N)ncnc32)C1. The van der Waals surface area contributed by atoms with Gasteiger partial charge in [0.2, 0.25) is 0 Å². The molecule has 2 aromatic heterocycles. The highest BCUT2D eigenvalue weighted by Crippen LogP contribution is 2.42. The van der Waals surface area contributed by atoms with E-state index in [1.807, 2.05) is 50.5 Å². The van der Waals surface area contributed by atoms with Gasteiger partial charge in [-0.2, -0.15) is 0 Å². The van der Waals surface area contributed by atoms with Crippen molar-refractivity contribution in [1.29, 1.82) is 0 Å². The molecule has 4 aromatic rings. The zero-order chi connectivity index (χ0) is 27.2. The van der Waals surface area contributed by atoms with Crippen molar-refractivity contribution in [2.45, 2.75) is 31.9 Å². The molecule has 0 aliphatic heterocycles. The van der Waals surface area contributed by atoms with Crippen LogP contribution in [0.5, 0.6) is 5.75 Å². The lowest BCUT2D eigenvalue weighted by atomic mass is 9.80. The van der Waals surface area contributed by atoms with Crippen molar-refractivity contribution in [3.63, 3.8) is 0 Å². The Bertz CT molecular complexity index is 1400. The van der Waals surface area contributed by atoms with Gasteiger partial charge in [-0.05, 0) is 69.1 Å². The fraction of sp³-hybridized carbons (Fsp3) is 0.367. The van der Waals surface area contributed by atoms with Gasteiger partial charge in [0.05, 0.1) is 5.39 Å². The van der Waals surface area contributed by atoms with Gasteiger partial charge in [0.25, 0.3) is 0 Å². The quantitative estimate of drug-likeness (QED) is 0.249. The molecule has 1 fully saturated rings. The summed E-state index contributed by atoms with van der Waals surface area (Å²) in [4.78, 5) is 23.1. The van der Waals surface area contributed by atoms with E-state index in [9.17, 15) is 4.79 Å². The minimum atomic E-state index is -0.0965. The van der Waals surface area contributed by atoms with Gasteiger partial charge < -0.3 is 30.6 Å². The third-order valence-corrected chi connectivity index (χ3v) is 7.26. The van der Waals surface area contributed by atoms with Gasteiger partial charge in [-0.15, -0.1) is 0 Å². The van der Waals surface area contributed by atoms with Gasteiger partial charge in [-0.25, -0.2) is 14.8 Å². The first kappa shape index (κ1) is 26.5. The van der Waals surface area contributed by atoms with Crippen LogP contribution >= 0.6 is 0 Å². The molecule has 0 radical (unpaired) electrons. The number of nitrogens with one attached hydrogen (secondary N) is 2. The van der Waals surface area contributed by atoms with Gasteiger partial charge in [0.15, 0.2) is 0 Å². The third kappa shape index (κ3) is 6.49. The zero-order valence-electron chi connectivity index (χ0n) is 22.6. The van der Waals surface area contributed by atoms with Crippen LogP contribution in [0, 0.1) is 5.92 Å². The number of nitrogen functional groups attached to an aromatic ring is 1. The van der Waals surface area contributed by atoms with E-state index in [0.29, 0.717) is 37.5 Å². The number of nitrogens with zero attached hydrogens (tertiary/aromatic N) is 4. The van der Waals surface area contributed by atoms with Crippen LogP contribution in [-0.4, -0.2) is 59.2 Å². The minimum Gasteiger partial charge on any atom is -0.489 e. The molecule has 0 atom stereocenters. The predicted molar refractivity (Wildman–Crippen MR) is 154 cm³/mol. The summed E-state index contributed by atoms with van der Waals surface area (Å²) in [7, 11) is 4.06. The van der Waals surface area contributed by atoms with Crippen LogP contribution in [0.25, 0.3) is 22.2 Å². The molecule has 1 aliphatic rings. The number of hydrogen-bond donors (Lipinski definition) is 3. The average Bonchev–Trinajstić information content (AvgIpc) is 3.30. The van der Waals surface area contributed by atoms with Crippen molar-refractivity contribution in [1.82, 2.24) is 30.1 Å². The number of carbonyl (C=O) groups is 1. The Balaban J connectivity index is 1.24. The second-order valence-corrected chi connectivity index (χ2v) is 10.5. The smallest absolute Gasteiger partial charge is 0.314 e. The molecule has 2 heterocycles. The highest BCUT2D eigenvalue weighted by Gasteiger charge is 2.32. The highest BCUT2D eigenvalue weighted by molar-refractivity contribution is 6.00. The molecule has 1 aliphatic carbocycles. The molecular formula is C30H37N7O2. The Labute approximate surface area is 229 Å². The summed E-state index contributed by atoms with van der Waals surface area (Å²) in [5.74, 6) is 1.69. The maximum absolute atomic E-state index is 12.1. The topological polar surface area (TPSA) is 110 Å². The van der Waals surface area contributed by atoms with E-state index in [2.05, 4.69) is 54.5 Å². The number of amides is 2. The molecule has 39 heavy (non-hydrogen) atoms. The normalized spacial score (nSPS) is 16.7. The standard InChI is InChI=1S/C30H37N7O2/c1-36(2)13-7-12-32-30(38)33-17-22-14-24(15-22)37-18-26(27-28(31)34-20-35-29(27)37)23-10-6-11-25(16-23)39-19-21-8-4-3-5-9-21/h3-6,8-11,16,18,20,22,24H,7,12-15,17,19H2,1-2H3,(H2,31,34,35)(H2,32,33,38)/t22-,24+. The summed E-state index contributed by atoms with van der Waals surface area (Å²) >= 11 is 0. The molecule has 0 spiro atoms. The number of benzene rings is 2. The first-order chi connectivity index (χ1) is 19.0. The molecule has 9 heteroatoms. The Kier molecular flexibility index (Phi) is 8.27. The molecule has 2 amide bonds. The first-order valence-electron chi connectivity index (χ1n) is 13.5.